The van der Waals surface area contributed by atoms with Gasteiger partial charge in [0.15, 0.2) is 0 Å². The topological polar surface area (TPSA) is 0 Å². The van der Waals surface area contributed by atoms with Crippen molar-refractivity contribution in [1.29, 1.82) is 0 Å². The van der Waals surface area contributed by atoms with Crippen LogP contribution in [0.15, 0.2) is 0 Å². The van der Waals surface area contributed by atoms with Crippen LogP contribution in [0, 0.1) is 7.43 Å². The number of hydrogen-bond acceptors (Lipinski definition) is 0. The van der Waals surface area contributed by atoms with E-state index >= 15 is 0 Å². The maximum atomic E-state index is 0. The molecule has 0 rings (SSSR count). The third kappa shape index (κ3) is 16000. The van der Waals surface area contributed by atoms with Gasteiger partial charge >= 0.3 is 24.5 Å². The molecule has 0 aliphatic carbocycles. The summed E-state index contributed by atoms with van der Waals surface area (Å²) in [6.07, 6.45) is 0. The molecule has 0 atom stereocenters. The fraction of sp³-hybridized carbons (Fsp3) is 0. The standard InChI is InChI=1S/C.6FH.Mn/h;6*1H;/q+4;;;;;;;+2/p-6. The van der Waals surface area contributed by atoms with Gasteiger partial charge < -0.3 is 28.2 Å². The van der Waals surface area contributed by atoms with Gasteiger partial charge in [-0.15, -0.1) is 0 Å². The molecule has 0 N–H and O–H groups in total. The maximum absolute atomic E-state index is 0. The second-order valence-corrected chi connectivity index (χ2v) is 0. The normalized spacial score (nSPS) is 0. The van der Waals surface area contributed by atoms with Gasteiger partial charge in [0.05, 0.1) is 0 Å². The molecule has 0 bridgehead atoms. The molecule has 0 amide bonds. The molecule has 0 heterocycles. The summed E-state index contributed by atoms with van der Waals surface area (Å²) in [6, 6.07) is 0. The molecule has 0 spiro atoms. The van der Waals surface area contributed by atoms with Crippen LogP contribution in [-0.2, 0) is 17.1 Å². The number of rotatable bonds is 0. The number of halogens is 6. The molecule has 1 radical (unpaired) electrons. The summed E-state index contributed by atoms with van der Waals surface area (Å²) in [4.78, 5) is 0. The SMILES string of the molecule is [C+4].[F-].[F-].[F-].[F-].[F-].[F-].[Mn+2]. The molecule has 0 aromatic carbocycles. The first-order chi connectivity index (χ1) is 0. The van der Waals surface area contributed by atoms with Crippen molar-refractivity contribution in [1.82, 2.24) is 0 Å². The van der Waals surface area contributed by atoms with E-state index in [9.17, 15) is 0 Å². The van der Waals surface area contributed by atoms with Crippen LogP contribution in [-0.4, -0.2) is 0 Å². The zero-order valence-corrected chi connectivity index (χ0v) is 4.33. The Hall–Kier alpha value is 0.0995. The van der Waals surface area contributed by atoms with Gasteiger partial charge in [0, 0.05) is 0 Å². The van der Waals surface area contributed by atoms with Crippen LogP contribution in [0.4, 0.5) is 0 Å². The minimum absolute atomic E-state index is 0. The molecule has 53 valence electrons. The molecule has 0 fully saturated rings. The van der Waals surface area contributed by atoms with Crippen molar-refractivity contribution in [3.63, 3.8) is 0 Å². The summed E-state index contributed by atoms with van der Waals surface area (Å²) in [6.45, 7) is 0. The molecule has 0 unspecified atom stereocenters. The van der Waals surface area contributed by atoms with E-state index < -0.39 is 0 Å². The molecule has 8 heavy (non-hydrogen) atoms. The van der Waals surface area contributed by atoms with Gasteiger partial charge in [0.25, 0.3) is 0 Å². The molecule has 0 nitrogen and oxygen atoms in total. The Bertz CT molecular complexity index is 8.49. The van der Waals surface area contributed by atoms with Gasteiger partial charge in [0.2, 0.25) is 0 Å². The fourth-order valence-corrected chi connectivity index (χ4v) is 0. The Labute approximate surface area is 53.7 Å². The van der Waals surface area contributed by atoms with Crippen LogP contribution in [0.2, 0.25) is 0 Å². The Morgan fingerprint density at radius 3 is 0.375 bits per heavy atom. The van der Waals surface area contributed by atoms with E-state index in [0.29, 0.717) is 0 Å². The number of hydrogen-bond donors (Lipinski definition) is 0. The summed E-state index contributed by atoms with van der Waals surface area (Å²) in [5.41, 5.74) is 0. The van der Waals surface area contributed by atoms with Gasteiger partial charge in [0.1, 0.15) is 0 Å². The van der Waals surface area contributed by atoms with E-state index in [1.165, 1.54) is 0 Å². The second kappa shape index (κ2) is 26700. The van der Waals surface area contributed by atoms with E-state index in [1.54, 1.807) is 0 Å². The quantitative estimate of drug-likeness (QED) is 0.257. The van der Waals surface area contributed by atoms with E-state index in [4.69, 9.17) is 0 Å². The first-order valence-electron chi connectivity index (χ1n) is 0. The van der Waals surface area contributed by atoms with Crippen molar-refractivity contribution >= 4 is 0 Å². The predicted octanol–water partition coefficient (Wildman–Crippen LogP) is -17.9. The average Bonchev–Trinajstić information content (AvgIpc) is 0. The maximum Gasteiger partial charge on any atom is 4.00 e. The van der Waals surface area contributed by atoms with E-state index in [-0.39, 0.29) is 52.7 Å². The first-order valence-corrected chi connectivity index (χ1v) is 0. The molecule has 0 aliphatic rings. The Balaban J connectivity index is 0. The van der Waals surface area contributed by atoms with Gasteiger partial charge in [-0.05, 0) is 0 Å². The van der Waals surface area contributed by atoms with Crippen LogP contribution < -0.4 is 28.2 Å². The molecule has 0 aromatic rings. The van der Waals surface area contributed by atoms with E-state index in [0.717, 1.165) is 0 Å². The average molecular weight is 181 g/mol. The monoisotopic (exact) mass is 181 g/mol. The van der Waals surface area contributed by atoms with Crippen LogP contribution >= 0.6 is 0 Å². The molecule has 0 aromatic heterocycles. The van der Waals surface area contributed by atoms with Crippen molar-refractivity contribution in [3.8, 4) is 0 Å². The van der Waals surface area contributed by atoms with Gasteiger partial charge in [-0.1, -0.05) is 0 Å². The van der Waals surface area contributed by atoms with Crippen LogP contribution in [0.3, 0.4) is 0 Å². The molecule has 7 heteroatoms. The third-order valence-corrected chi connectivity index (χ3v) is 0. The van der Waals surface area contributed by atoms with Crippen LogP contribution in [0.25, 0.3) is 0 Å². The minimum Gasteiger partial charge on any atom is -1.00 e. The smallest absolute Gasteiger partial charge is 1.00 e. The van der Waals surface area contributed by atoms with Crippen molar-refractivity contribution < 1.29 is 45.3 Å². The minimum atomic E-state index is 0. The zero-order valence-electron chi connectivity index (χ0n) is 3.15. The van der Waals surface area contributed by atoms with Crippen LogP contribution in [0.5, 0.6) is 0 Å². The fourth-order valence-electron chi connectivity index (χ4n) is 0. The van der Waals surface area contributed by atoms with Gasteiger partial charge in [-0.25, -0.2) is 0 Å². The predicted molar refractivity (Wildman–Crippen MR) is 3.24 cm³/mol. The molecule has 0 aliphatic heterocycles. The van der Waals surface area contributed by atoms with Gasteiger partial charge in [-0.2, -0.15) is 0 Å². The Morgan fingerprint density at radius 2 is 0.375 bits per heavy atom. The second-order valence-electron chi connectivity index (χ2n) is 0. The van der Waals surface area contributed by atoms with E-state index in [1.807, 2.05) is 0 Å². The largest absolute Gasteiger partial charge is 4.00 e. The zero-order chi connectivity index (χ0) is 0. The molecule has 0 saturated carbocycles. The van der Waals surface area contributed by atoms with Crippen molar-refractivity contribution in [2.75, 3.05) is 0 Å². The van der Waals surface area contributed by atoms with Crippen molar-refractivity contribution in [2.24, 2.45) is 0 Å². The summed E-state index contributed by atoms with van der Waals surface area (Å²) < 4.78 is 0. The summed E-state index contributed by atoms with van der Waals surface area (Å²) in [7, 11) is 0. The van der Waals surface area contributed by atoms with Crippen molar-refractivity contribution in [2.45, 2.75) is 0 Å². The van der Waals surface area contributed by atoms with Gasteiger partial charge in [-0.3, -0.25) is 0 Å². The van der Waals surface area contributed by atoms with Crippen LogP contribution in [0.1, 0.15) is 0 Å². The summed E-state index contributed by atoms with van der Waals surface area (Å²) in [5, 5.41) is 0. The Kier molecular flexibility index (Phi) is 138000000. The first kappa shape index (κ1) is 41300. The molecule has 0 saturated heterocycles. The van der Waals surface area contributed by atoms with E-state index in [2.05, 4.69) is 0 Å². The molecular formula is CF6Mn. The third-order valence-electron chi connectivity index (χ3n) is 0. The molecular weight excluding hydrogens is 181 g/mol. The van der Waals surface area contributed by atoms with Crippen molar-refractivity contribution in [3.05, 3.63) is 7.43 Å². The summed E-state index contributed by atoms with van der Waals surface area (Å²) >= 11 is 0. The Morgan fingerprint density at radius 1 is 0.375 bits per heavy atom. The summed E-state index contributed by atoms with van der Waals surface area (Å²) in [5.74, 6) is 0.